The molecule has 1 rings (SSSR count). The van der Waals surface area contributed by atoms with Crippen LogP contribution in [-0.2, 0) is 0 Å². The van der Waals surface area contributed by atoms with Gasteiger partial charge in [0.1, 0.15) is 11.6 Å². The molecular formula is C10H12FNO. The van der Waals surface area contributed by atoms with Crippen molar-refractivity contribution in [2.75, 3.05) is 13.7 Å². The van der Waals surface area contributed by atoms with Crippen molar-refractivity contribution in [2.45, 2.75) is 0 Å². The summed E-state index contributed by atoms with van der Waals surface area (Å²) in [5, 5.41) is 0. The van der Waals surface area contributed by atoms with Gasteiger partial charge in [-0.05, 0) is 23.8 Å². The van der Waals surface area contributed by atoms with E-state index in [1.807, 2.05) is 0 Å². The maximum absolute atomic E-state index is 12.8. The standard InChI is InChI=1S/C10H12FNO/c1-7(6-12)9-5-8(11)3-4-10(9)13-2/h3-5H,1,6,12H2,2H3. The van der Waals surface area contributed by atoms with Crippen molar-refractivity contribution in [1.29, 1.82) is 0 Å². The Morgan fingerprint density at radius 2 is 2.31 bits per heavy atom. The monoisotopic (exact) mass is 181 g/mol. The number of benzene rings is 1. The molecule has 0 radical (unpaired) electrons. The molecule has 0 fully saturated rings. The van der Waals surface area contributed by atoms with E-state index < -0.39 is 0 Å². The van der Waals surface area contributed by atoms with Crippen molar-refractivity contribution in [2.24, 2.45) is 5.73 Å². The Bertz CT molecular complexity index is 323. The zero-order chi connectivity index (χ0) is 9.84. The molecule has 0 aromatic heterocycles. The van der Waals surface area contributed by atoms with Gasteiger partial charge in [-0.2, -0.15) is 0 Å². The lowest BCUT2D eigenvalue weighted by Gasteiger charge is -2.09. The molecule has 0 aliphatic rings. The molecule has 3 heteroatoms. The van der Waals surface area contributed by atoms with Crippen LogP contribution in [-0.4, -0.2) is 13.7 Å². The number of hydrogen-bond acceptors (Lipinski definition) is 2. The molecule has 2 nitrogen and oxygen atoms in total. The number of ether oxygens (including phenoxy) is 1. The molecule has 0 amide bonds. The SMILES string of the molecule is C=C(CN)c1cc(F)ccc1OC. The van der Waals surface area contributed by atoms with Gasteiger partial charge >= 0.3 is 0 Å². The first kappa shape index (κ1) is 9.74. The van der Waals surface area contributed by atoms with Gasteiger partial charge in [0, 0.05) is 12.1 Å². The molecule has 0 bridgehead atoms. The molecule has 2 N–H and O–H groups in total. The average Bonchev–Trinajstić information content (AvgIpc) is 2.16. The van der Waals surface area contributed by atoms with Crippen molar-refractivity contribution in [1.82, 2.24) is 0 Å². The highest BCUT2D eigenvalue weighted by Gasteiger charge is 2.06. The third-order valence-corrected chi connectivity index (χ3v) is 1.79. The summed E-state index contributed by atoms with van der Waals surface area (Å²) in [5.74, 6) is 0.280. The summed E-state index contributed by atoms with van der Waals surface area (Å²) in [6.07, 6.45) is 0. The maximum Gasteiger partial charge on any atom is 0.126 e. The molecular weight excluding hydrogens is 169 g/mol. The zero-order valence-electron chi connectivity index (χ0n) is 7.51. The normalized spacial score (nSPS) is 9.77. The fraction of sp³-hybridized carbons (Fsp3) is 0.200. The minimum atomic E-state index is -0.314. The molecule has 13 heavy (non-hydrogen) atoms. The van der Waals surface area contributed by atoms with Crippen molar-refractivity contribution in [3.05, 3.63) is 36.2 Å². The van der Waals surface area contributed by atoms with E-state index in [0.717, 1.165) is 0 Å². The van der Waals surface area contributed by atoms with E-state index in [-0.39, 0.29) is 5.82 Å². The maximum atomic E-state index is 12.8. The first-order chi connectivity index (χ1) is 6.19. The number of hydrogen-bond donors (Lipinski definition) is 1. The third-order valence-electron chi connectivity index (χ3n) is 1.79. The zero-order valence-corrected chi connectivity index (χ0v) is 7.51. The van der Waals surface area contributed by atoms with Crippen LogP contribution in [0.4, 0.5) is 4.39 Å². The van der Waals surface area contributed by atoms with Gasteiger partial charge in [-0.25, -0.2) is 4.39 Å². The molecule has 0 aliphatic heterocycles. The van der Waals surface area contributed by atoms with Crippen LogP contribution in [0.5, 0.6) is 5.75 Å². The topological polar surface area (TPSA) is 35.2 Å². The number of halogens is 1. The Morgan fingerprint density at radius 1 is 1.62 bits per heavy atom. The van der Waals surface area contributed by atoms with E-state index in [1.54, 1.807) is 6.07 Å². The fourth-order valence-electron chi connectivity index (χ4n) is 1.07. The summed E-state index contributed by atoms with van der Waals surface area (Å²) >= 11 is 0. The molecule has 1 aromatic rings. The van der Waals surface area contributed by atoms with Gasteiger partial charge in [0.05, 0.1) is 7.11 Å². The molecule has 0 heterocycles. The number of methoxy groups -OCH3 is 1. The van der Waals surface area contributed by atoms with E-state index in [4.69, 9.17) is 10.5 Å². The van der Waals surface area contributed by atoms with E-state index in [9.17, 15) is 4.39 Å². The highest BCUT2D eigenvalue weighted by molar-refractivity contribution is 5.69. The lowest BCUT2D eigenvalue weighted by Crippen LogP contribution is -2.02. The minimum Gasteiger partial charge on any atom is -0.496 e. The molecule has 70 valence electrons. The second-order valence-electron chi connectivity index (χ2n) is 2.65. The molecule has 1 aromatic carbocycles. The second kappa shape index (κ2) is 4.05. The largest absolute Gasteiger partial charge is 0.496 e. The van der Waals surface area contributed by atoms with Crippen LogP contribution in [0.15, 0.2) is 24.8 Å². The Labute approximate surface area is 76.8 Å². The van der Waals surface area contributed by atoms with Crippen LogP contribution in [0.3, 0.4) is 0 Å². The first-order valence-electron chi connectivity index (χ1n) is 3.90. The molecule has 0 saturated heterocycles. The average molecular weight is 181 g/mol. The van der Waals surface area contributed by atoms with Crippen molar-refractivity contribution >= 4 is 5.57 Å². The van der Waals surface area contributed by atoms with Crippen LogP contribution >= 0.6 is 0 Å². The Kier molecular flexibility index (Phi) is 3.03. The van der Waals surface area contributed by atoms with E-state index >= 15 is 0 Å². The molecule has 0 atom stereocenters. The fourth-order valence-corrected chi connectivity index (χ4v) is 1.07. The number of rotatable bonds is 3. The quantitative estimate of drug-likeness (QED) is 0.771. The summed E-state index contributed by atoms with van der Waals surface area (Å²) in [6.45, 7) is 4.01. The summed E-state index contributed by atoms with van der Waals surface area (Å²) < 4.78 is 17.9. The van der Waals surface area contributed by atoms with Gasteiger partial charge in [0.15, 0.2) is 0 Å². The summed E-state index contributed by atoms with van der Waals surface area (Å²) in [6, 6.07) is 4.27. The third kappa shape index (κ3) is 2.06. The predicted molar refractivity (Wildman–Crippen MR) is 51.0 cm³/mol. The Morgan fingerprint density at radius 3 is 2.85 bits per heavy atom. The highest BCUT2D eigenvalue weighted by atomic mass is 19.1. The van der Waals surface area contributed by atoms with Gasteiger partial charge in [0.2, 0.25) is 0 Å². The Balaban J connectivity index is 3.15. The van der Waals surface area contributed by atoms with Gasteiger partial charge in [-0.3, -0.25) is 0 Å². The smallest absolute Gasteiger partial charge is 0.126 e. The van der Waals surface area contributed by atoms with Crippen molar-refractivity contribution < 1.29 is 9.13 Å². The molecule has 0 saturated carbocycles. The summed E-state index contributed by atoms with van der Waals surface area (Å²) in [7, 11) is 1.53. The lowest BCUT2D eigenvalue weighted by atomic mass is 10.1. The van der Waals surface area contributed by atoms with E-state index in [2.05, 4.69) is 6.58 Å². The van der Waals surface area contributed by atoms with Crippen LogP contribution in [0, 0.1) is 5.82 Å². The summed E-state index contributed by atoms with van der Waals surface area (Å²) in [5.41, 5.74) is 6.69. The van der Waals surface area contributed by atoms with E-state index in [0.29, 0.717) is 23.4 Å². The lowest BCUT2D eigenvalue weighted by molar-refractivity contribution is 0.412. The van der Waals surface area contributed by atoms with Gasteiger partial charge in [-0.1, -0.05) is 6.58 Å². The van der Waals surface area contributed by atoms with Crippen LogP contribution in [0.2, 0.25) is 0 Å². The van der Waals surface area contributed by atoms with Crippen LogP contribution in [0.25, 0.3) is 5.57 Å². The van der Waals surface area contributed by atoms with Crippen LogP contribution < -0.4 is 10.5 Å². The van der Waals surface area contributed by atoms with Gasteiger partial charge in [0.25, 0.3) is 0 Å². The molecule has 0 unspecified atom stereocenters. The predicted octanol–water partition coefficient (Wildman–Crippen LogP) is 1.81. The van der Waals surface area contributed by atoms with Crippen molar-refractivity contribution in [3.63, 3.8) is 0 Å². The van der Waals surface area contributed by atoms with E-state index in [1.165, 1.54) is 19.2 Å². The second-order valence-corrected chi connectivity index (χ2v) is 2.65. The molecule has 0 aliphatic carbocycles. The first-order valence-corrected chi connectivity index (χ1v) is 3.90. The Hall–Kier alpha value is -1.35. The minimum absolute atomic E-state index is 0.291. The van der Waals surface area contributed by atoms with Crippen molar-refractivity contribution in [3.8, 4) is 5.75 Å². The van der Waals surface area contributed by atoms with Crippen LogP contribution in [0.1, 0.15) is 5.56 Å². The van der Waals surface area contributed by atoms with Gasteiger partial charge < -0.3 is 10.5 Å². The van der Waals surface area contributed by atoms with Gasteiger partial charge in [-0.15, -0.1) is 0 Å². The summed E-state index contributed by atoms with van der Waals surface area (Å²) in [4.78, 5) is 0. The molecule has 0 spiro atoms. The highest BCUT2D eigenvalue weighted by Crippen LogP contribution is 2.24. The number of nitrogens with two attached hydrogens (primary N) is 1.